The van der Waals surface area contributed by atoms with Gasteiger partial charge in [0.2, 0.25) is 0 Å². The van der Waals surface area contributed by atoms with Gasteiger partial charge in [-0.1, -0.05) is 79.2 Å². The van der Waals surface area contributed by atoms with E-state index >= 15 is 0 Å². The van der Waals surface area contributed by atoms with Crippen molar-refractivity contribution in [3.05, 3.63) is 52.6 Å². The van der Waals surface area contributed by atoms with E-state index in [-0.39, 0.29) is 10.8 Å². The molecule has 3 heteroatoms. The van der Waals surface area contributed by atoms with Crippen LogP contribution in [0.2, 0.25) is 0 Å². The van der Waals surface area contributed by atoms with Gasteiger partial charge in [-0.2, -0.15) is 0 Å². The van der Waals surface area contributed by atoms with Gasteiger partial charge in [0.15, 0.2) is 0 Å². The van der Waals surface area contributed by atoms with Gasteiger partial charge in [0, 0.05) is 11.6 Å². The first-order valence-electron chi connectivity index (χ1n) is 11.3. The van der Waals surface area contributed by atoms with Crippen molar-refractivity contribution in [2.45, 2.75) is 91.4 Å². The Morgan fingerprint density at radius 1 is 1.17 bits per heavy atom. The largest absolute Gasteiger partial charge is 0.493 e. The van der Waals surface area contributed by atoms with Crippen molar-refractivity contribution in [2.24, 2.45) is 5.92 Å². The van der Waals surface area contributed by atoms with Crippen LogP contribution in [-0.2, 0) is 15.6 Å². The van der Waals surface area contributed by atoms with Gasteiger partial charge in [-0.25, -0.2) is 4.79 Å². The van der Waals surface area contributed by atoms with E-state index in [1.54, 1.807) is 0 Å². The van der Waals surface area contributed by atoms with E-state index in [9.17, 15) is 4.79 Å². The summed E-state index contributed by atoms with van der Waals surface area (Å²) in [5.74, 6) is 1.03. The van der Waals surface area contributed by atoms with E-state index in [0.29, 0.717) is 11.8 Å². The van der Waals surface area contributed by atoms with Crippen molar-refractivity contribution >= 4 is 5.97 Å². The summed E-state index contributed by atoms with van der Waals surface area (Å²) < 4.78 is 6.42. The van der Waals surface area contributed by atoms with Crippen LogP contribution in [0.5, 0.6) is 5.75 Å². The number of ether oxygens (including phenoxy) is 1. The summed E-state index contributed by atoms with van der Waals surface area (Å²) in [7, 11) is 0. The fraction of sp³-hybridized carbons (Fsp3) is 0.593. The molecule has 0 aliphatic heterocycles. The van der Waals surface area contributed by atoms with Crippen molar-refractivity contribution in [1.29, 1.82) is 0 Å². The van der Waals surface area contributed by atoms with Gasteiger partial charge in [0.1, 0.15) is 5.75 Å². The molecule has 2 rings (SSSR count). The Bertz CT molecular complexity index is 816. The molecule has 2 atom stereocenters. The predicted molar refractivity (Wildman–Crippen MR) is 126 cm³/mol. The van der Waals surface area contributed by atoms with Gasteiger partial charge in [0.25, 0.3) is 0 Å². The maximum atomic E-state index is 10.9. The Balaban J connectivity index is 2.46. The number of carboxylic acids is 1. The SMILES string of the molecule is CCCCOc1c(C2CC2/C=C/C(C)=C/C(=O)O)cc(C(C)(C)C)cc1C(C)(C)C. The predicted octanol–water partition coefficient (Wildman–Crippen LogP) is 7.15. The lowest BCUT2D eigenvalue weighted by atomic mass is 9.78. The summed E-state index contributed by atoms with van der Waals surface area (Å²) in [5.41, 5.74) is 4.79. The van der Waals surface area contributed by atoms with E-state index < -0.39 is 5.97 Å². The molecule has 1 aromatic rings. The first-order valence-corrected chi connectivity index (χ1v) is 11.3. The molecule has 3 nitrogen and oxygen atoms in total. The summed E-state index contributed by atoms with van der Waals surface area (Å²) in [6.07, 6.45) is 8.61. The third kappa shape index (κ3) is 6.48. The van der Waals surface area contributed by atoms with Crippen molar-refractivity contribution < 1.29 is 14.6 Å². The van der Waals surface area contributed by atoms with Gasteiger partial charge < -0.3 is 9.84 Å². The number of unbranched alkanes of at least 4 members (excludes halogenated alkanes) is 1. The first kappa shape index (κ1) is 24.2. The van der Waals surface area contributed by atoms with Crippen LogP contribution in [0.15, 0.2) is 35.9 Å². The molecule has 1 aliphatic rings. The zero-order valence-electron chi connectivity index (χ0n) is 20.1. The number of hydrogen-bond acceptors (Lipinski definition) is 2. The second-order valence-electron chi connectivity index (χ2n) is 10.7. The highest BCUT2D eigenvalue weighted by Crippen LogP contribution is 2.54. The number of aliphatic carboxylic acids is 1. The number of carboxylic acid groups (broad SMARTS) is 1. The molecule has 2 unspecified atom stereocenters. The minimum atomic E-state index is -0.899. The number of rotatable bonds is 8. The molecule has 0 amide bonds. The quantitative estimate of drug-likeness (QED) is 0.280. The van der Waals surface area contributed by atoms with Gasteiger partial charge >= 0.3 is 5.97 Å². The molecule has 0 bridgehead atoms. The molecular weight excluding hydrogens is 372 g/mol. The Kier molecular flexibility index (Phi) is 7.60. The molecule has 0 radical (unpaired) electrons. The smallest absolute Gasteiger partial charge is 0.328 e. The van der Waals surface area contributed by atoms with E-state index in [4.69, 9.17) is 9.84 Å². The minimum Gasteiger partial charge on any atom is -0.493 e. The van der Waals surface area contributed by atoms with Crippen LogP contribution in [0.3, 0.4) is 0 Å². The zero-order valence-corrected chi connectivity index (χ0v) is 20.1. The van der Waals surface area contributed by atoms with E-state index in [1.807, 2.05) is 13.0 Å². The second kappa shape index (κ2) is 9.41. The molecule has 0 aromatic heterocycles. The highest BCUT2D eigenvalue weighted by molar-refractivity contribution is 5.81. The third-order valence-electron chi connectivity index (χ3n) is 5.73. The molecule has 166 valence electrons. The van der Waals surface area contributed by atoms with Gasteiger partial charge in [-0.3, -0.25) is 0 Å². The van der Waals surface area contributed by atoms with Crippen LogP contribution in [0.4, 0.5) is 0 Å². The first-order chi connectivity index (χ1) is 13.8. The lowest BCUT2D eigenvalue weighted by Crippen LogP contribution is -2.19. The van der Waals surface area contributed by atoms with Crippen LogP contribution in [0.25, 0.3) is 0 Å². The molecule has 0 spiro atoms. The fourth-order valence-electron chi connectivity index (χ4n) is 3.70. The van der Waals surface area contributed by atoms with Gasteiger partial charge in [0.05, 0.1) is 6.61 Å². The molecule has 0 saturated heterocycles. The van der Waals surface area contributed by atoms with Crippen LogP contribution < -0.4 is 4.74 Å². The minimum absolute atomic E-state index is 0.00139. The number of carbonyl (C=O) groups is 1. The lowest BCUT2D eigenvalue weighted by Gasteiger charge is -2.29. The molecular formula is C27H40O3. The molecule has 0 heterocycles. The standard InChI is InChI=1S/C27H40O3/c1-9-10-13-30-25-22(21-15-19(21)12-11-18(2)14-24(28)29)16-20(26(3,4)5)17-23(25)27(6,7)8/h11-12,14,16-17,19,21H,9-10,13,15H2,1-8H3,(H,28,29)/b12-11+,18-14+. The number of allylic oxidation sites excluding steroid dienone is 3. The Labute approximate surface area is 183 Å². The van der Waals surface area contributed by atoms with Crippen molar-refractivity contribution in [1.82, 2.24) is 0 Å². The second-order valence-corrected chi connectivity index (χ2v) is 10.7. The fourth-order valence-corrected chi connectivity index (χ4v) is 3.70. The Morgan fingerprint density at radius 2 is 1.83 bits per heavy atom. The van der Waals surface area contributed by atoms with Crippen LogP contribution in [0.1, 0.15) is 97.3 Å². The van der Waals surface area contributed by atoms with E-state index in [1.165, 1.54) is 22.8 Å². The zero-order chi connectivity index (χ0) is 22.7. The van der Waals surface area contributed by atoms with E-state index in [2.05, 4.69) is 66.7 Å². The normalized spacial score (nSPS) is 19.9. The summed E-state index contributed by atoms with van der Waals surface area (Å²) in [6, 6.07) is 4.70. The van der Waals surface area contributed by atoms with Crippen molar-refractivity contribution in [3.63, 3.8) is 0 Å². The molecule has 30 heavy (non-hydrogen) atoms. The average Bonchev–Trinajstić information content (AvgIpc) is 3.37. The number of hydrogen-bond donors (Lipinski definition) is 1. The Hall–Kier alpha value is -2.03. The topological polar surface area (TPSA) is 46.5 Å². The Morgan fingerprint density at radius 3 is 2.37 bits per heavy atom. The maximum Gasteiger partial charge on any atom is 0.328 e. The van der Waals surface area contributed by atoms with Gasteiger partial charge in [-0.15, -0.1) is 0 Å². The highest BCUT2D eigenvalue weighted by Gasteiger charge is 2.40. The van der Waals surface area contributed by atoms with Crippen LogP contribution in [-0.4, -0.2) is 17.7 Å². The van der Waals surface area contributed by atoms with Crippen molar-refractivity contribution in [2.75, 3.05) is 6.61 Å². The molecule has 1 aromatic carbocycles. The summed E-state index contributed by atoms with van der Waals surface area (Å²) in [6.45, 7) is 18.3. The molecule has 1 fully saturated rings. The molecule has 1 saturated carbocycles. The number of benzene rings is 1. The van der Waals surface area contributed by atoms with Gasteiger partial charge in [-0.05, 0) is 59.1 Å². The summed E-state index contributed by atoms with van der Waals surface area (Å²) in [4.78, 5) is 10.9. The lowest BCUT2D eigenvalue weighted by molar-refractivity contribution is -0.131. The van der Waals surface area contributed by atoms with E-state index in [0.717, 1.165) is 37.2 Å². The average molecular weight is 413 g/mol. The third-order valence-corrected chi connectivity index (χ3v) is 5.73. The summed E-state index contributed by atoms with van der Waals surface area (Å²) >= 11 is 0. The highest BCUT2D eigenvalue weighted by atomic mass is 16.5. The maximum absolute atomic E-state index is 10.9. The van der Waals surface area contributed by atoms with Crippen molar-refractivity contribution in [3.8, 4) is 5.75 Å². The van der Waals surface area contributed by atoms with Crippen LogP contribution >= 0.6 is 0 Å². The summed E-state index contributed by atoms with van der Waals surface area (Å²) in [5, 5.41) is 8.92. The molecule has 1 aliphatic carbocycles. The monoisotopic (exact) mass is 412 g/mol. The van der Waals surface area contributed by atoms with Crippen LogP contribution in [0, 0.1) is 5.92 Å². The molecule has 1 N–H and O–H groups in total.